The van der Waals surface area contributed by atoms with Gasteiger partial charge in [0.15, 0.2) is 0 Å². The van der Waals surface area contributed by atoms with E-state index in [0.717, 1.165) is 0 Å². The van der Waals surface area contributed by atoms with Crippen LogP contribution < -0.4 is 0 Å². The molecule has 0 rings (SSSR count). The molecule has 1 radical (unpaired) electrons. The number of hydrogen-bond donors (Lipinski definition) is 4. The van der Waals surface area contributed by atoms with Crippen molar-refractivity contribution in [3.63, 3.8) is 0 Å². The van der Waals surface area contributed by atoms with Gasteiger partial charge in [0.25, 0.3) is 0 Å². The maximum absolute atomic E-state index is 7.57. The zero-order valence-electron chi connectivity index (χ0n) is 9.19. The molecule has 0 heterocycles. The van der Waals surface area contributed by atoms with E-state index in [1.165, 1.54) is 0 Å². The van der Waals surface area contributed by atoms with E-state index in [-0.39, 0.29) is 62.0 Å². The number of hydrogen-bond acceptors (Lipinski definition) is 4. The van der Waals surface area contributed by atoms with E-state index in [1.54, 1.807) is 27.7 Å². The van der Waals surface area contributed by atoms with Crippen molar-refractivity contribution in [1.29, 1.82) is 0 Å². The van der Waals surface area contributed by atoms with Gasteiger partial charge in [0, 0.05) is 62.0 Å². The average Bonchev–Trinajstić information content (AvgIpc) is 1.92. The molecule has 0 aromatic rings. The Morgan fingerprint density at radius 2 is 0.538 bits per heavy atom. The van der Waals surface area contributed by atoms with Crippen LogP contribution in [-0.4, -0.2) is 46.9 Å². The normalized spacial score (nSPS) is 5.54. The van der Waals surface area contributed by atoms with Crippen LogP contribution in [0, 0.1) is 35.6 Å². The minimum atomic E-state index is 0. The molecule has 0 saturated heterocycles. The fraction of sp³-hybridized carbons (Fsp3) is 1.00. The zero-order valence-corrected chi connectivity index (χ0v) is 12.8. The van der Waals surface area contributed by atoms with E-state index < -0.39 is 0 Å². The fourth-order valence-electron chi connectivity index (χ4n) is 0. The van der Waals surface area contributed by atoms with Crippen LogP contribution in [0.1, 0.15) is 27.7 Å². The van der Waals surface area contributed by atoms with Crippen molar-refractivity contribution in [3.8, 4) is 0 Å². The second-order valence-corrected chi connectivity index (χ2v) is 1.26. The molecular weight excluding hydrogens is 299 g/mol. The monoisotopic (exact) mass is 323 g/mol. The summed E-state index contributed by atoms with van der Waals surface area (Å²) in [6, 6.07) is 0. The van der Waals surface area contributed by atoms with Gasteiger partial charge in [0.05, 0.1) is 0 Å². The SMILES string of the molecule is CCO.CCO.CCO.CCO.[La]. The van der Waals surface area contributed by atoms with Crippen LogP contribution >= 0.6 is 0 Å². The van der Waals surface area contributed by atoms with Crippen molar-refractivity contribution < 1.29 is 56.0 Å². The third-order valence-corrected chi connectivity index (χ3v) is 0. The molecule has 0 aliphatic carbocycles. The molecule has 4 N–H and O–H groups in total. The predicted molar refractivity (Wildman–Crippen MR) is 51.0 cm³/mol. The van der Waals surface area contributed by atoms with Crippen LogP contribution in [-0.2, 0) is 0 Å². The molecule has 0 unspecified atom stereocenters. The summed E-state index contributed by atoms with van der Waals surface area (Å²) in [5.41, 5.74) is 0. The molecule has 0 aliphatic heterocycles. The molecule has 0 spiro atoms. The second-order valence-electron chi connectivity index (χ2n) is 1.26. The van der Waals surface area contributed by atoms with Gasteiger partial charge in [-0.15, -0.1) is 0 Å². The van der Waals surface area contributed by atoms with Crippen LogP contribution in [0.3, 0.4) is 0 Å². The molecule has 4 nitrogen and oxygen atoms in total. The summed E-state index contributed by atoms with van der Waals surface area (Å²) in [7, 11) is 0. The van der Waals surface area contributed by atoms with Crippen molar-refractivity contribution in [2.24, 2.45) is 0 Å². The minimum absolute atomic E-state index is 0. The largest absolute Gasteiger partial charge is 0.397 e. The Bertz CT molecular complexity index is 24.1. The summed E-state index contributed by atoms with van der Waals surface area (Å²) < 4.78 is 0. The first-order valence-electron chi connectivity index (χ1n) is 4.09. The topological polar surface area (TPSA) is 80.9 Å². The summed E-state index contributed by atoms with van der Waals surface area (Å²) in [5, 5.41) is 30.3. The third kappa shape index (κ3) is 1480. The Morgan fingerprint density at radius 3 is 0.538 bits per heavy atom. The van der Waals surface area contributed by atoms with Gasteiger partial charge in [-0.2, -0.15) is 0 Å². The fourth-order valence-corrected chi connectivity index (χ4v) is 0. The number of rotatable bonds is 0. The summed E-state index contributed by atoms with van der Waals surface area (Å²) in [4.78, 5) is 0. The smallest absolute Gasteiger partial charge is 0.0402 e. The first kappa shape index (κ1) is 29.2. The molecule has 13 heavy (non-hydrogen) atoms. The molecule has 0 fully saturated rings. The van der Waals surface area contributed by atoms with Gasteiger partial charge in [0.2, 0.25) is 0 Å². The van der Waals surface area contributed by atoms with Crippen molar-refractivity contribution in [3.05, 3.63) is 0 Å². The summed E-state index contributed by atoms with van der Waals surface area (Å²) >= 11 is 0. The molecule has 0 aromatic heterocycles. The standard InChI is InChI=1S/4C2H6O.La/c4*1-2-3;/h4*3H,2H2,1H3;. The molecule has 0 aliphatic rings. The van der Waals surface area contributed by atoms with Crippen molar-refractivity contribution >= 4 is 0 Å². The summed E-state index contributed by atoms with van der Waals surface area (Å²) in [6.45, 7) is 7.72. The van der Waals surface area contributed by atoms with Crippen LogP contribution in [0.15, 0.2) is 0 Å². The van der Waals surface area contributed by atoms with Gasteiger partial charge in [-0.3, -0.25) is 0 Å². The van der Waals surface area contributed by atoms with Crippen LogP contribution in [0.4, 0.5) is 0 Å². The van der Waals surface area contributed by atoms with Crippen LogP contribution in [0.25, 0.3) is 0 Å². The van der Waals surface area contributed by atoms with Crippen molar-refractivity contribution in [2.75, 3.05) is 26.4 Å². The maximum atomic E-state index is 7.57. The van der Waals surface area contributed by atoms with E-state index in [2.05, 4.69) is 0 Å². The first-order chi connectivity index (χ1) is 5.66. The predicted octanol–water partition coefficient (Wildman–Crippen LogP) is -0.00560. The van der Waals surface area contributed by atoms with Gasteiger partial charge < -0.3 is 20.4 Å². The summed E-state index contributed by atoms with van der Waals surface area (Å²) in [5.74, 6) is 0. The maximum Gasteiger partial charge on any atom is 0.0402 e. The Kier molecular flexibility index (Phi) is 167. The van der Waals surface area contributed by atoms with Gasteiger partial charge in [-0.25, -0.2) is 0 Å². The van der Waals surface area contributed by atoms with Gasteiger partial charge >= 0.3 is 0 Å². The molecular formula is C8H24LaO4. The summed E-state index contributed by atoms with van der Waals surface area (Å²) in [6.07, 6.45) is 0. The first-order valence-corrected chi connectivity index (χ1v) is 4.09. The Hall–Kier alpha value is 1.03. The Morgan fingerprint density at radius 1 is 0.538 bits per heavy atom. The van der Waals surface area contributed by atoms with E-state index in [0.29, 0.717) is 0 Å². The van der Waals surface area contributed by atoms with Gasteiger partial charge in [0.1, 0.15) is 0 Å². The van der Waals surface area contributed by atoms with Crippen molar-refractivity contribution in [1.82, 2.24) is 0 Å². The Labute approximate surface area is 110 Å². The zero-order chi connectivity index (χ0) is 10.8. The van der Waals surface area contributed by atoms with Crippen molar-refractivity contribution in [2.45, 2.75) is 27.7 Å². The van der Waals surface area contributed by atoms with Crippen LogP contribution in [0.2, 0.25) is 0 Å². The molecule has 0 amide bonds. The Balaban J connectivity index is -0.0000000213. The quantitative estimate of drug-likeness (QED) is 0.506. The minimum Gasteiger partial charge on any atom is -0.397 e. The van der Waals surface area contributed by atoms with E-state index in [9.17, 15) is 0 Å². The second kappa shape index (κ2) is 74.5. The molecule has 5 heteroatoms. The molecule has 83 valence electrons. The van der Waals surface area contributed by atoms with Gasteiger partial charge in [-0.05, 0) is 27.7 Å². The number of aliphatic hydroxyl groups excluding tert-OH is 4. The average molecular weight is 323 g/mol. The molecule has 0 aromatic carbocycles. The third-order valence-electron chi connectivity index (χ3n) is 0. The molecule has 0 saturated carbocycles. The van der Waals surface area contributed by atoms with E-state index in [1.807, 2.05) is 0 Å². The van der Waals surface area contributed by atoms with E-state index in [4.69, 9.17) is 20.4 Å². The number of aliphatic hydroxyl groups is 4. The molecule has 0 atom stereocenters. The molecule has 0 bridgehead atoms. The van der Waals surface area contributed by atoms with E-state index >= 15 is 0 Å². The van der Waals surface area contributed by atoms with Crippen LogP contribution in [0.5, 0.6) is 0 Å². The van der Waals surface area contributed by atoms with Gasteiger partial charge in [-0.1, -0.05) is 0 Å².